The van der Waals surface area contributed by atoms with Crippen LogP contribution >= 0.6 is 0 Å². The minimum Gasteiger partial charge on any atom is -0.480 e. The lowest BCUT2D eigenvalue weighted by atomic mass is 10.0. The third-order valence-corrected chi connectivity index (χ3v) is 3.06. The highest BCUT2D eigenvalue weighted by Gasteiger charge is 2.26. The number of aromatic nitrogens is 2. The number of amides is 1. The van der Waals surface area contributed by atoms with Gasteiger partial charge in [-0.1, -0.05) is 27.7 Å². The maximum absolute atomic E-state index is 12.1. The number of aromatic amines is 1. The second kappa shape index (κ2) is 5.86. The maximum atomic E-state index is 12.1. The molecule has 0 aliphatic carbocycles. The average Bonchev–Trinajstić information content (AvgIpc) is 2.66. The monoisotopic (exact) mass is 267 g/mol. The molecule has 6 heteroatoms. The summed E-state index contributed by atoms with van der Waals surface area (Å²) in [6, 6.07) is -0.911. The highest BCUT2D eigenvalue weighted by Crippen LogP contribution is 2.18. The SMILES string of the molecule is Cc1c(C(=O)N[C@H](C(=O)O)C(C)C)n[nH]c1C(C)C. The number of carboxylic acids is 1. The van der Waals surface area contributed by atoms with Gasteiger partial charge in [-0.15, -0.1) is 0 Å². The quantitative estimate of drug-likeness (QED) is 0.756. The molecule has 0 saturated heterocycles. The lowest BCUT2D eigenvalue weighted by Gasteiger charge is -2.17. The van der Waals surface area contributed by atoms with Gasteiger partial charge in [0.1, 0.15) is 6.04 Å². The van der Waals surface area contributed by atoms with Crippen LogP contribution in [0.3, 0.4) is 0 Å². The Morgan fingerprint density at radius 1 is 1.26 bits per heavy atom. The number of carbonyl (C=O) groups excluding carboxylic acids is 1. The first kappa shape index (κ1) is 15.2. The molecule has 1 rings (SSSR count). The van der Waals surface area contributed by atoms with Crippen LogP contribution in [-0.4, -0.2) is 33.2 Å². The standard InChI is InChI=1S/C13H21N3O3/c1-6(2)9-8(5)11(16-15-9)12(17)14-10(7(3)4)13(18)19/h6-7,10H,1-5H3,(H,14,17)(H,15,16)(H,18,19)/t10-/m0/s1. The first-order valence-electron chi connectivity index (χ1n) is 6.34. The molecule has 0 bridgehead atoms. The Labute approximate surface area is 112 Å². The molecule has 1 atom stereocenters. The fraction of sp³-hybridized carbons (Fsp3) is 0.615. The van der Waals surface area contributed by atoms with Crippen molar-refractivity contribution in [2.45, 2.75) is 46.6 Å². The van der Waals surface area contributed by atoms with E-state index in [1.54, 1.807) is 20.8 Å². The van der Waals surface area contributed by atoms with Crippen LogP contribution in [0.2, 0.25) is 0 Å². The third kappa shape index (κ3) is 3.33. The summed E-state index contributed by atoms with van der Waals surface area (Å²) in [5, 5.41) is 18.4. The number of carboxylic acid groups (broad SMARTS) is 1. The second-order valence-corrected chi connectivity index (χ2v) is 5.30. The van der Waals surface area contributed by atoms with Gasteiger partial charge in [-0.05, 0) is 18.8 Å². The summed E-state index contributed by atoms with van der Waals surface area (Å²) in [5.41, 5.74) is 1.91. The van der Waals surface area contributed by atoms with Gasteiger partial charge in [0.05, 0.1) is 0 Å². The number of rotatable bonds is 5. The number of aliphatic carboxylic acids is 1. The van der Waals surface area contributed by atoms with Crippen molar-refractivity contribution >= 4 is 11.9 Å². The van der Waals surface area contributed by atoms with Crippen molar-refractivity contribution in [2.75, 3.05) is 0 Å². The van der Waals surface area contributed by atoms with Gasteiger partial charge in [0, 0.05) is 11.3 Å². The number of nitrogens with zero attached hydrogens (tertiary/aromatic N) is 1. The fourth-order valence-corrected chi connectivity index (χ4v) is 1.92. The zero-order valence-corrected chi connectivity index (χ0v) is 11.9. The molecule has 1 aromatic rings. The van der Waals surface area contributed by atoms with E-state index in [0.29, 0.717) is 0 Å². The molecule has 0 aliphatic rings. The lowest BCUT2D eigenvalue weighted by Crippen LogP contribution is -2.44. The minimum atomic E-state index is -1.04. The minimum absolute atomic E-state index is 0.190. The molecule has 6 nitrogen and oxygen atoms in total. The Bertz CT molecular complexity index is 477. The number of hydrogen-bond acceptors (Lipinski definition) is 3. The summed E-state index contributed by atoms with van der Waals surface area (Å²) in [7, 11) is 0. The Hall–Kier alpha value is -1.85. The molecule has 19 heavy (non-hydrogen) atoms. The molecular formula is C13H21N3O3. The summed E-state index contributed by atoms with van der Waals surface area (Å²) >= 11 is 0. The van der Waals surface area contributed by atoms with Crippen LogP contribution in [0.5, 0.6) is 0 Å². The molecule has 0 unspecified atom stereocenters. The van der Waals surface area contributed by atoms with Gasteiger partial charge in [0.25, 0.3) is 5.91 Å². The predicted molar refractivity (Wildman–Crippen MR) is 71.1 cm³/mol. The van der Waals surface area contributed by atoms with Crippen LogP contribution in [0.1, 0.15) is 55.4 Å². The normalized spacial score (nSPS) is 12.8. The first-order valence-corrected chi connectivity index (χ1v) is 6.34. The van der Waals surface area contributed by atoms with Crippen LogP contribution < -0.4 is 5.32 Å². The van der Waals surface area contributed by atoms with Crippen molar-refractivity contribution < 1.29 is 14.7 Å². The Balaban J connectivity index is 2.92. The van der Waals surface area contributed by atoms with Gasteiger partial charge in [-0.25, -0.2) is 4.79 Å². The number of hydrogen-bond donors (Lipinski definition) is 3. The summed E-state index contributed by atoms with van der Waals surface area (Å²) in [5.74, 6) is -1.46. The summed E-state index contributed by atoms with van der Waals surface area (Å²) in [4.78, 5) is 23.1. The molecule has 1 heterocycles. The van der Waals surface area contributed by atoms with E-state index >= 15 is 0 Å². The smallest absolute Gasteiger partial charge is 0.326 e. The molecular weight excluding hydrogens is 246 g/mol. The van der Waals surface area contributed by atoms with E-state index in [1.807, 2.05) is 13.8 Å². The Morgan fingerprint density at radius 2 is 1.84 bits per heavy atom. The molecule has 0 fully saturated rings. The van der Waals surface area contributed by atoms with Crippen LogP contribution in [-0.2, 0) is 4.79 Å². The van der Waals surface area contributed by atoms with Crippen LogP contribution in [0, 0.1) is 12.8 Å². The van der Waals surface area contributed by atoms with E-state index < -0.39 is 17.9 Å². The third-order valence-electron chi connectivity index (χ3n) is 3.06. The second-order valence-electron chi connectivity index (χ2n) is 5.30. The van der Waals surface area contributed by atoms with E-state index in [4.69, 9.17) is 5.11 Å². The van der Waals surface area contributed by atoms with Crippen molar-refractivity contribution in [1.29, 1.82) is 0 Å². The maximum Gasteiger partial charge on any atom is 0.326 e. The molecule has 106 valence electrons. The molecule has 0 aliphatic heterocycles. The van der Waals surface area contributed by atoms with Crippen LogP contribution in [0.25, 0.3) is 0 Å². The first-order chi connectivity index (χ1) is 8.75. The van der Waals surface area contributed by atoms with Gasteiger partial charge in [0.15, 0.2) is 5.69 Å². The van der Waals surface area contributed by atoms with E-state index in [1.165, 1.54) is 0 Å². The molecule has 0 radical (unpaired) electrons. The summed E-state index contributed by atoms with van der Waals surface area (Å²) in [6.07, 6.45) is 0. The number of nitrogens with one attached hydrogen (secondary N) is 2. The highest BCUT2D eigenvalue weighted by molar-refractivity contribution is 5.96. The zero-order valence-electron chi connectivity index (χ0n) is 11.9. The van der Waals surface area contributed by atoms with Crippen molar-refractivity contribution in [1.82, 2.24) is 15.5 Å². The molecule has 0 saturated carbocycles. The van der Waals surface area contributed by atoms with Crippen molar-refractivity contribution in [3.05, 3.63) is 17.0 Å². The van der Waals surface area contributed by atoms with Crippen molar-refractivity contribution in [3.8, 4) is 0 Å². The van der Waals surface area contributed by atoms with Gasteiger partial charge in [-0.2, -0.15) is 5.10 Å². The molecule has 0 aromatic carbocycles. The molecule has 0 spiro atoms. The van der Waals surface area contributed by atoms with Crippen molar-refractivity contribution in [2.24, 2.45) is 5.92 Å². The highest BCUT2D eigenvalue weighted by atomic mass is 16.4. The molecule has 3 N–H and O–H groups in total. The fourth-order valence-electron chi connectivity index (χ4n) is 1.92. The Morgan fingerprint density at radius 3 is 2.21 bits per heavy atom. The van der Waals surface area contributed by atoms with Gasteiger partial charge in [-0.3, -0.25) is 9.89 Å². The summed E-state index contributed by atoms with van der Waals surface area (Å²) in [6.45, 7) is 9.29. The Kier molecular flexibility index (Phi) is 4.69. The van der Waals surface area contributed by atoms with Gasteiger partial charge >= 0.3 is 5.97 Å². The van der Waals surface area contributed by atoms with Gasteiger partial charge in [0.2, 0.25) is 0 Å². The largest absolute Gasteiger partial charge is 0.480 e. The topological polar surface area (TPSA) is 95.1 Å². The molecule has 1 amide bonds. The number of H-pyrrole nitrogens is 1. The molecule has 1 aromatic heterocycles. The predicted octanol–water partition coefficient (Wildman–Crippen LogP) is 1.68. The lowest BCUT2D eigenvalue weighted by molar-refractivity contribution is -0.140. The van der Waals surface area contributed by atoms with Crippen molar-refractivity contribution in [3.63, 3.8) is 0 Å². The average molecular weight is 267 g/mol. The summed E-state index contributed by atoms with van der Waals surface area (Å²) < 4.78 is 0. The van der Waals surface area contributed by atoms with Crippen LogP contribution in [0.4, 0.5) is 0 Å². The van der Waals surface area contributed by atoms with E-state index in [9.17, 15) is 9.59 Å². The number of carbonyl (C=O) groups is 2. The zero-order chi connectivity index (χ0) is 14.7. The van der Waals surface area contributed by atoms with Gasteiger partial charge < -0.3 is 10.4 Å². The van der Waals surface area contributed by atoms with Crippen LogP contribution in [0.15, 0.2) is 0 Å². The van der Waals surface area contributed by atoms with E-state index in [-0.39, 0.29) is 17.5 Å². The van der Waals surface area contributed by atoms with E-state index in [0.717, 1.165) is 11.3 Å². The van der Waals surface area contributed by atoms with E-state index in [2.05, 4.69) is 15.5 Å².